The van der Waals surface area contributed by atoms with Gasteiger partial charge in [-0.05, 0) is 38.2 Å². The van der Waals surface area contributed by atoms with Crippen molar-refractivity contribution >= 4 is 17.7 Å². The van der Waals surface area contributed by atoms with Crippen LogP contribution in [0.3, 0.4) is 0 Å². The Morgan fingerprint density at radius 3 is 1.33 bits per heavy atom. The SMILES string of the molecule is CCCCCCCCCCCCCCCCCCC(=O)OC[C@H](O)COC(=O)CCCCCCC/C=C\C=C\C(=O)CCCCC. The molecule has 0 aliphatic rings. The summed E-state index contributed by atoms with van der Waals surface area (Å²) in [6.07, 6.45) is 37.8. The van der Waals surface area contributed by atoms with E-state index in [1.165, 1.54) is 83.5 Å². The molecule has 0 saturated carbocycles. The average molecular weight is 649 g/mol. The van der Waals surface area contributed by atoms with E-state index < -0.39 is 6.10 Å². The highest BCUT2D eigenvalue weighted by molar-refractivity contribution is 5.89. The Kier molecular flexibility index (Phi) is 34.4. The van der Waals surface area contributed by atoms with Crippen molar-refractivity contribution in [3.8, 4) is 0 Å². The summed E-state index contributed by atoms with van der Waals surface area (Å²) in [5, 5.41) is 10.00. The summed E-state index contributed by atoms with van der Waals surface area (Å²) >= 11 is 0. The minimum absolute atomic E-state index is 0.134. The van der Waals surface area contributed by atoms with E-state index in [9.17, 15) is 19.5 Å². The first-order valence-electron chi connectivity index (χ1n) is 19.3. The number of hydrogen-bond acceptors (Lipinski definition) is 6. The van der Waals surface area contributed by atoms with Crippen LogP contribution in [0.5, 0.6) is 0 Å². The van der Waals surface area contributed by atoms with Crippen LogP contribution in [0.1, 0.15) is 194 Å². The number of aliphatic hydroxyl groups is 1. The van der Waals surface area contributed by atoms with Gasteiger partial charge in [-0.25, -0.2) is 0 Å². The molecule has 0 aromatic rings. The molecule has 6 nitrogen and oxygen atoms in total. The number of ether oxygens (including phenoxy) is 2. The fraction of sp³-hybridized carbons (Fsp3) is 0.825. The topological polar surface area (TPSA) is 89.9 Å². The van der Waals surface area contributed by atoms with Gasteiger partial charge in [-0.3, -0.25) is 14.4 Å². The summed E-state index contributed by atoms with van der Waals surface area (Å²) in [5.74, 6) is -0.418. The second kappa shape index (κ2) is 35.9. The standard InChI is InChI=1S/C40H72O6/c1-3-5-7-8-9-10-11-12-13-14-15-16-19-22-25-29-33-39(43)45-35-38(42)36-46-40(44)34-30-26-23-20-17-18-21-24-28-32-37(41)31-27-6-4-2/h21,24,28,32,38,42H,3-20,22-23,25-27,29-31,33-36H2,1-2H3/b24-21-,32-28+/t38-/m0/s1. The van der Waals surface area contributed by atoms with Gasteiger partial charge in [-0.15, -0.1) is 0 Å². The number of carbonyl (C=O) groups excluding carboxylic acids is 3. The van der Waals surface area contributed by atoms with Crippen molar-refractivity contribution in [1.29, 1.82) is 0 Å². The first kappa shape index (κ1) is 44.0. The molecule has 0 radical (unpaired) electrons. The number of rotatable bonds is 35. The van der Waals surface area contributed by atoms with Gasteiger partial charge in [0.05, 0.1) is 0 Å². The van der Waals surface area contributed by atoms with E-state index in [0.717, 1.165) is 77.0 Å². The lowest BCUT2D eigenvalue weighted by molar-refractivity contribution is -0.152. The second-order valence-corrected chi connectivity index (χ2v) is 13.1. The molecule has 0 rings (SSSR count). The largest absolute Gasteiger partial charge is 0.463 e. The van der Waals surface area contributed by atoms with E-state index in [1.54, 1.807) is 6.08 Å². The predicted molar refractivity (Wildman–Crippen MR) is 192 cm³/mol. The molecule has 0 unspecified atom stereocenters. The van der Waals surface area contributed by atoms with Crippen LogP contribution in [0.4, 0.5) is 0 Å². The first-order valence-corrected chi connectivity index (χ1v) is 19.3. The molecule has 0 spiro atoms. The van der Waals surface area contributed by atoms with Gasteiger partial charge in [-0.1, -0.05) is 160 Å². The quantitative estimate of drug-likeness (QED) is 0.0318. The Balaban J connectivity index is 3.48. The molecule has 0 aliphatic carbocycles. The lowest BCUT2D eigenvalue weighted by Gasteiger charge is -2.12. The number of hydrogen-bond donors (Lipinski definition) is 1. The fourth-order valence-electron chi connectivity index (χ4n) is 5.42. The van der Waals surface area contributed by atoms with Gasteiger partial charge < -0.3 is 14.6 Å². The van der Waals surface area contributed by atoms with E-state index in [1.807, 2.05) is 12.2 Å². The second-order valence-electron chi connectivity index (χ2n) is 13.1. The summed E-state index contributed by atoms with van der Waals surface area (Å²) in [5.41, 5.74) is 0. The van der Waals surface area contributed by atoms with E-state index in [2.05, 4.69) is 19.9 Å². The van der Waals surface area contributed by atoms with Gasteiger partial charge in [0.1, 0.15) is 19.3 Å². The fourth-order valence-corrected chi connectivity index (χ4v) is 5.42. The molecule has 0 amide bonds. The van der Waals surface area contributed by atoms with Gasteiger partial charge in [0, 0.05) is 19.3 Å². The maximum absolute atomic E-state index is 12.0. The lowest BCUT2D eigenvalue weighted by atomic mass is 10.0. The summed E-state index contributed by atoms with van der Waals surface area (Å²) in [4.78, 5) is 35.6. The van der Waals surface area contributed by atoms with Crippen molar-refractivity contribution in [2.45, 2.75) is 200 Å². The van der Waals surface area contributed by atoms with Crippen molar-refractivity contribution in [3.63, 3.8) is 0 Å². The molecule has 1 atom stereocenters. The molecule has 46 heavy (non-hydrogen) atoms. The Morgan fingerprint density at radius 1 is 0.500 bits per heavy atom. The number of carbonyl (C=O) groups is 3. The zero-order chi connectivity index (χ0) is 33.8. The molecule has 268 valence electrons. The summed E-state index contributed by atoms with van der Waals surface area (Å²) < 4.78 is 10.3. The molecule has 0 aromatic carbocycles. The third-order valence-electron chi connectivity index (χ3n) is 8.42. The van der Waals surface area contributed by atoms with Gasteiger partial charge in [-0.2, -0.15) is 0 Å². The molecule has 0 fully saturated rings. The molecule has 0 heterocycles. The number of aliphatic hydroxyl groups excluding tert-OH is 1. The Hall–Kier alpha value is -1.95. The third-order valence-corrected chi connectivity index (χ3v) is 8.42. The smallest absolute Gasteiger partial charge is 0.305 e. The maximum atomic E-state index is 12.0. The molecule has 0 aliphatic heterocycles. The van der Waals surface area contributed by atoms with E-state index in [0.29, 0.717) is 19.3 Å². The van der Waals surface area contributed by atoms with Crippen molar-refractivity contribution in [3.05, 3.63) is 24.3 Å². The minimum atomic E-state index is -0.985. The highest BCUT2D eigenvalue weighted by Crippen LogP contribution is 2.14. The Labute approximate surface area is 283 Å². The summed E-state index contributed by atoms with van der Waals surface area (Å²) in [7, 11) is 0. The van der Waals surface area contributed by atoms with E-state index in [4.69, 9.17) is 9.47 Å². The van der Waals surface area contributed by atoms with Gasteiger partial charge in [0.2, 0.25) is 0 Å². The molecule has 0 aromatic heterocycles. The summed E-state index contributed by atoms with van der Waals surface area (Å²) in [6.45, 7) is 4.13. The minimum Gasteiger partial charge on any atom is -0.463 e. The molecule has 0 bridgehead atoms. The number of esters is 2. The average Bonchev–Trinajstić information content (AvgIpc) is 3.05. The number of allylic oxidation sites excluding steroid dienone is 4. The van der Waals surface area contributed by atoms with Crippen LogP contribution < -0.4 is 0 Å². The van der Waals surface area contributed by atoms with Crippen LogP contribution in [0.15, 0.2) is 24.3 Å². The molecule has 0 saturated heterocycles. The van der Waals surface area contributed by atoms with Crippen molar-refractivity contribution in [2.24, 2.45) is 0 Å². The number of unbranched alkanes of at least 4 members (excludes halogenated alkanes) is 22. The first-order chi connectivity index (χ1) is 22.5. The van der Waals surface area contributed by atoms with Crippen LogP contribution in [0.25, 0.3) is 0 Å². The van der Waals surface area contributed by atoms with Crippen LogP contribution in [0.2, 0.25) is 0 Å². The number of ketones is 1. The van der Waals surface area contributed by atoms with Crippen LogP contribution >= 0.6 is 0 Å². The zero-order valence-electron chi connectivity index (χ0n) is 30.1. The normalized spacial score (nSPS) is 12.2. The predicted octanol–water partition coefficient (Wildman–Crippen LogP) is 11.1. The molecular formula is C40H72O6. The summed E-state index contributed by atoms with van der Waals surface area (Å²) in [6, 6.07) is 0. The van der Waals surface area contributed by atoms with Crippen LogP contribution in [-0.2, 0) is 23.9 Å². The monoisotopic (exact) mass is 649 g/mol. The van der Waals surface area contributed by atoms with E-state index in [-0.39, 0.29) is 30.9 Å². The third kappa shape index (κ3) is 34.9. The van der Waals surface area contributed by atoms with Gasteiger partial charge >= 0.3 is 11.9 Å². The van der Waals surface area contributed by atoms with Crippen molar-refractivity contribution in [2.75, 3.05) is 13.2 Å². The highest BCUT2D eigenvalue weighted by Gasteiger charge is 2.12. The molecule has 1 N–H and O–H groups in total. The van der Waals surface area contributed by atoms with Crippen molar-refractivity contribution < 1.29 is 29.0 Å². The van der Waals surface area contributed by atoms with Crippen LogP contribution in [-0.4, -0.2) is 42.1 Å². The van der Waals surface area contributed by atoms with Crippen molar-refractivity contribution in [1.82, 2.24) is 0 Å². The molecular weight excluding hydrogens is 576 g/mol. The Morgan fingerprint density at radius 2 is 0.870 bits per heavy atom. The van der Waals surface area contributed by atoms with E-state index >= 15 is 0 Å². The van der Waals surface area contributed by atoms with Gasteiger partial charge in [0.15, 0.2) is 5.78 Å². The zero-order valence-corrected chi connectivity index (χ0v) is 30.1. The highest BCUT2D eigenvalue weighted by atomic mass is 16.6. The van der Waals surface area contributed by atoms with Gasteiger partial charge in [0.25, 0.3) is 0 Å². The molecule has 6 heteroatoms. The lowest BCUT2D eigenvalue weighted by Crippen LogP contribution is -2.25. The van der Waals surface area contributed by atoms with Crippen LogP contribution in [0, 0.1) is 0 Å². The Bertz CT molecular complexity index is 759. The maximum Gasteiger partial charge on any atom is 0.305 e.